The summed E-state index contributed by atoms with van der Waals surface area (Å²) in [4.78, 5) is 30.1. The van der Waals surface area contributed by atoms with E-state index in [-0.39, 0.29) is 22.2 Å². The molecule has 0 fully saturated rings. The first-order chi connectivity index (χ1) is 15.3. The molecule has 1 amide bonds. The van der Waals surface area contributed by atoms with E-state index in [0.717, 1.165) is 17.8 Å². The molecular weight excluding hydrogens is 439 g/mol. The van der Waals surface area contributed by atoms with Crippen LogP contribution in [-0.4, -0.2) is 21.2 Å². The number of halogens is 3. The van der Waals surface area contributed by atoms with Crippen LogP contribution in [0.15, 0.2) is 88.8 Å². The second kappa shape index (κ2) is 8.88. The minimum atomic E-state index is -4.59. The van der Waals surface area contributed by atoms with Gasteiger partial charge in [-0.05, 0) is 36.4 Å². The number of fused-ring (bicyclic) bond motifs is 1. The molecule has 3 aromatic carbocycles. The number of para-hydroxylation sites is 3. The minimum Gasteiger partial charge on any atom is -0.325 e. The zero-order valence-corrected chi connectivity index (χ0v) is 17.3. The molecule has 1 heterocycles. The summed E-state index contributed by atoms with van der Waals surface area (Å²) in [5, 5.41) is 2.99. The molecule has 5 nitrogen and oxygen atoms in total. The Morgan fingerprint density at radius 2 is 1.59 bits per heavy atom. The molecule has 1 N–H and O–H groups in total. The van der Waals surface area contributed by atoms with Gasteiger partial charge in [0.05, 0.1) is 33.6 Å². The third kappa shape index (κ3) is 4.52. The summed E-state index contributed by atoms with van der Waals surface area (Å²) >= 11 is 0.970. The highest BCUT2D eigenvalue weighted by Gasteiger charge is 2.33. The first kappa shape index (κ1) is 21.6. The second-order valence-electron chi connectivity index (χ2n) is 6.77. The van der Waals surface area contributed by atoms with Crippen LogP contribution in [0, 0.1) is 0 Å². The summed E-state index contributed by atoms with van der Waals surface area (Å²) in [6.07, 6.45) is -4.59. The van der Waals surface area contributed by atoms with Crippen molar-refractivity contribution in [2.75, 3.05) is 11.1 Å². The number of carbonyl (C=O) groups excluding carboxylic acids is 1. The first-order valence-corrected chi connectivity index (χ1v) is 10.5. The monoisotopic (exact) mass is 455 g/mol. The second-order valence-corrected chi connectivity index (χ2v) is 7.71. The maximum Gasteiger partial charge on any atom is 0.418 e. The summed E-state index contributed by atoms with van der Waals surface area (Å²) in [5.41, 5.74) is -0.510. The zero-order chi connectivity index (χ0) is 22.7. The van der Waals surface area contributed by atoms with Crippen molar-refractivity contribution in [1.29, 1.82) is 0 Å². The van der Waals surface area contributed by atoms with Crippen LogP contribution in [-0.2, 0) is 11.0 Å². The highest BCUT2D eigenvalue weighted by Crippen LogP contribution is 2.34. The Morgan fingerprint density at radius 1 is 0.938 bits per heavy atom. The van der Waals surface area contributed by atoms with Crippen molar-refractivity contribution in [2.45, 2.75) is 11.3 Å². The number of thioether (sulfide) groups is 1. The smallest absolute Gasteiger partial charge is 0.325 e. The van der Waals surface area contributed by atoms with E-state index in [1.165, 1.54) is 22.8 Å². The molecule has 32 heavy (non-hydrogen) atoms. The lowest BCUT2D eigenvalue weighted by Crippen LogP contribution is -2.23. The molecule has 0 atom stereocenters. The van der Waals surface area contributed by atoms with Crippen molar-refractivity contribution in [1.82, 2.24) is 9.55 Å². The van der Waals surface area contributed by atoms with Gasteiger partial charge in [0, 0.05) is 0 Å². The van der Waals surface area contributed by atoms with E-state index in [1.807, 2.05) is 0 Å². The van der Waals surface area contributed by atoms with Gasteiger partial charge in [0.2, 0.25) is 5.91 Å². The van der Waals surface area contributed by atoms with Crippen LogP contribution in [0.5, 0.6) is 0 Å². The van der Waals surface area contributed by atoms with Gasteiger partial charge in [0.15, 0.2) is 5.16 Å². The molecule has 0 aliphatic carbocycles. The Hall–Kier alpha value is -3.59. The van der Waals surface area contributed by atoms with Crippen molar-refractivity contribution in [3.8, 4) is 5.69 Å². The highest BCUT2D eigenvalue weighted by atomic mass is 32.2. The number of carbonyl (C=O) groups is 1. The molecular formula is C23H16F3N3O2S. The Morgan fingerprint density at radius 3 is 2.34 bits per heavy atom. The average molecular weight is 455 g/mol. The molecule has 0 bridgehead atoms. The van der Waals surface area contributed by atoms with Gasteiger partial charge in [-0.1, -0.05) is 54.2 Å². The maximum atomic E-state index is 13.2. The summed E-state index contributed by atoms with van der Waals surface area (Å²) in [5.74, 6) is -0.877. The number of alkyl halides is 3. The van der Waals surface area contributed by atoms with E-state index >= 15 is 0 Å². The summed E-state index contributed by atoms with van der Waals surface area (Å²) in [7, 11) is 0. The fraction of sp³-hybridized carbons (Fsp3) is 0.0870. The fourth-order valence-electron chi connectivity index (χ4n) is 3.17. The molecule has 0 spiro atoms. The van der Waals surface area contributed by atoms with Gasteiger partial charge in [-0.3, -0.25) is 14.2 Å². The van der Waals surface area contributed by atoms with Crippen LogP contribution in [0.2, 0.25) is 0 Å². The van der Waals surface area contributed by atoms with Crippen LogP contribution in [0.4, 0.5) is 18.9 Å². The lowest BCUT2D eigenvalue weighted by molar-refractivity contribution is -0.137. The number of benzene rings is 3. The molecule has 162 valence electrons. The molecule has 0 unspecified atom stereocenters. The molecule has 0 aliphatic rings. The van der Waals surface area contributed by atoms with E-state index in [9.17, 15) is 22.8 Å². The third-order valence-corrected chi connectivity index (χ3v) is 5.54. The first-order valence-electron chi connectivity index (χ1n) is 9.50. The van der Waals surface area contributed by atoms with Crippen LogP contribution in [0.3, 0.4) is 0 Å². The van der Waals surface area contributed by atoms with Crippen LogP contribution < -0.4 is 10.9 Å². The maximum absolute atomic E-state index is 13.2. The van der Waals surface area contributed by atoms with Crippen molar-refractivity contribution >= 4 is 34.3 Å². The average Bonchev–Trinajstić information content (AvgIpc) is 2.78. The minimum absolute atomic E-state index is 0.232. The Labute approximate surface area is 184 Å². The van der Waals surface area contributed by atoms with Crippen molar-refractivity contribution in [2.24, 2.45) is 0 Å². The number of nitrogens with zero attached hydrogens (tertiary/aromatic N) is 2. The van der Waals surface area contributed by atoms with E-state index in [4.69, 9.17) is 0 Å². The number of nitrogens with one attached hydrogen (secondary N) is 1. The fourth-order valence-corrected chi connectivity index (χ4v) is 3.98. The zero-order valence-electron chi connectivity index (χ0n) is 16.5. The molecule has 0 saturated carbocycles. The van der Waals surface area contributed by atoms with Gasteiger partial charge in [0.25, 0.3) is 5.56 Å². The number of amides is 1. The normalized spacial score (nSPS) is 11.5. The van der Waals surface area contributed by atoms with E-state index in [2.05, 4.69) is 10.3 Å². The molecule has 0 saturated heterocycles. The molecule has 0 aliphatic heterocycles. The Balaban J connectivity index is 1.64. The summed E-state index contributed by atoms with van der Waals surface area (Å²) < 4.78 is 40.9. The van der Waals surface area contributed by atoms with E-state index < -0.39 is 17.6 Å². The van der Waals surface area contributed by atoms with Gasteiger partial charge in [-0.25, -0.2) is 4.98 Å². The standard InChI is InChI=1S/C23H16F3N3O2S/c24-23(25,26)17-11-5-7-13-19(17)27-20(30)14-32-22-28-18-12-6-4-10-16(18)21(31)29(22)15-8-2-1-3-9-15/h1-13H,14H2,(H,27,30). The quantitative estimate of drug-likeness (QED) is 0.335. The third-order valence-electron chi connectivity index (χ3n) is 4.60. The van der Waals surface area contributed by atoms with Crippen molar-refractivity contribution < 1.29 is 18.0 Å². The summed E-state index contributed by atoms with van der Waals surface area (Å²) in [6, 6.07) is 20.4. The van der Waals surface area contributed by atoms with Crippen LogP contribution in [0.1, 0.15) is 5.56 Å². The molecule has 1 aromatic heterocycles. The lowest BCUT2D eigenvalue weighted by atomic mass is 10.1. The number of aromatic nitrogens is 2. The van der Waals surface area contributed by atoms with Crippen molar-refractivity contribution in [3.05, 3.63) is 94.8 Å². The van der Waals surface area contributed by atoms with Gasteiger partial charge in [0.1, 0.15) is 0 Å². The summed E-state index contributed by atoms with van der Waals surface area (Å²) in [6.45, 7) is 0. The molecule has 9 heteroatoms. The van der Waals surface area contributed by atoms with Gasteiger partial charge < -0.3 is 5.32 Å². The Bertz CT molecular complexity index is 1340. The highest BCUT2D eigenvalue weighted by molar-refractivity contribution is 7.99. The van der Waals surface area contributed by atoms with E-state index in [1.54, 1.807) is 54.6 Å². The van der Waals surface area contributed by atoms with Crippen LogP contribution >= 0.6 is 11.8 Å². The molecule has 4 rings (SSSR count). The van der Waals surface area contributed by atoms with Crippen LogP contribution in [0.25, 0.3) is 16.6 Å². The number of hydrogen-bond acceptors (Lipinski definition) is 4. The molecule has 0 radical (unpaired) electrons. The predicted molar refractivity (Wildman–Crippen MR) is 118 cm³/mol. The molecule has 4 aromatic rings. The van der Waals surface area contributed by atoms with Crippen molar-refractivity contribution in [3.63, 3.8) is 0 Å². The number of rotatable bonds is 5. The SMILES string of the molecule is O=C(CSc1nc2ccccc2c(=O)n1-c1ccccc1)Nc1ccccc1C(F)(F)F. The largest absolute Gasteiger partial charge is 0.418 e. The lowest BCUT2D eigenvalue weighted by Gasteiger charge is -2.15. The van der Waals surface area contributed by atoms with E-state index in [0.29, 0.717) is 16.6 Å². The van der Waals surface area contributed by atoms with Gasteiger partial charge in [-0.15, -0.1) is 0 Å². The number of anilines is 1. The Kier molecular flexibility index (Phi) is 6.00. The van der Waals surface area contributed by atoms with Gasteiger partial charge >= 0.3 is 6.18 Å². The van der Waals surface area contributed by atoms with Gasteiger partial charge in [-0.2, -0.15) is 13.2 Å². The number of hydrogen-bond donors (Lipinski definition) is 1. The topological polar surface area (TPSA) is 64.0 Å². The predicted octanol–water partition coefficient (Wildman–Crippen LogP) is 5.14.